The molecule has 0 aliphatic rings. The van der Waals surface area contributed by atoms with E-state index in [0.29, 0.717) is 6.42 Å². The Kier molecular flexibility index (Phi) is 42.9. The molecular formula is C50H87NO3. The second kappa shape index (κ2) is 45.0. The van der Waals surface area contributed by atoms with E-state index < -0.39 is 12.1 Å². The molecule has 0 aromatic rings. The highest BCUT2D eigenvalue weighted by atomic mass is 16.3. The number of aliphatic hydroxyl groups excluding tert-OH is 2. The predicted molar refractivity (Wildman–Crippen MR) is 239 cm³/mol. The standard InChI is InChI=1S/C50H87NO3/c1-3-5-7-9-11-13-15-17-19-21-23-25-27-29-31-33-35-37-39-41-43-45-49(53)48(47-52)51-50(54)46-44-42-40-38-36-34-32-30-28-26-24-22-20-18-16-14-12-10-8-6-4-2/h6,8,12,14,18,20,24,26-27,29,35,37,43,45,48-49,52-53H,3-5,7,9-11,13,15-17,19,21-23,25,28,30-34,36,38-42,44,46-47H2,1-2H3,(H,51,54)/b8-6-,14-12-,20-18-,26-24-,29-27+,37-35+,45-43+. The van der Waals surface area contributed by atoms with Gasteiger partial charge in [0.1, 0.15) is 0 Å². The molecular weight excluding hydrogens is 663 g/mol. The van der Waals surface area contributed by atoms with Gasteiger partial charge in [-0.3, -0.25) is 4.79 Å². The van der Waals surface area contributed by atoms with E-state index in [0.717, 1.165) is 70.6 Å². The summed E-state index contributed by atoms with van der Waals surface area (Å²) in [6.45, 7) is 4.17. The van der Waals surface area contributed by atoms with Crippen molar-refractivity contribution in [1.29, 1.82) is 0 Å². The van der Waals surface area contributed by atoms with Gasteiger partial charge in [0, 0.05) is 6.42 Å². The average molecular weight is 750 g/mol. The molecule has 0 bridgehead atoms. The maximum absolute atomic E-state index is 12.4. The van der Waals surface area contributed by atoms with Crippen LogP contribution in [-0.2, 0) is 4.79 Å². The summed E-state index contributed by atoms with van der Waals surface area (Å²) in [5.74, 6) is -0.0897. The predicted octanol–water partition coefficient (Wildman–Crippen LogP) is 14.5. The maximum Gasteiger partial charge on any atom is 0.220 e. The van der Waals surface area contributed by atoms with Gasteiger partial charge in [-0.1, -0.05) is 202 Å². The molecule has 0 aromatic carbocycles. The molecule has 0 spiro atoms. The van der Waals surface area contributed by atoms with E-state index in [4.69, 9.17) is 0 Å². The summed E-state index contributed by atoms with van der Waals surface area (Å²) >= 11 is 0. The van der Waals surface area contributed by atoms with E-state index in [2.05, 4.69) is 92.1 Å². The number of hydrogen-bond acceptors (Lipinski definition) is 3. The molecule has 54 heavy (non-hydrogen) atoms. The van der Waals surface area contributed by atoms with Gasteiger partial charge in [-0.05, 0) is 83.5 Å². The summed E-state index contributed by atoms with van der Waals surface area (Å²) < 4.78 is 0. The van der Waals surface area contributed by atoms with Gasteiger partial charge >= 0.3 is 0 Å². The van der Waals surface area contributed by atoms with Crippen molar-refractivity contribution in [2.75, 3.05) is 6.61 Å². The zero-order chi connectivity index (χ0) is 39.3. The topological polar surface area (TPSA) is 69.6 Å². The Morgan fingerprint density at radius 1 is 0.463 bits per heavy atom. The first-order chi connectivity index (χ1) is 26.7. The first-order valence-electron chi connectivity index (χ1n) is 22.8. The zero-order valence-electron chi connectivity index (χ0n) is 35.5. The molecule has 0 heterocycles. The summed E-state index contributed by atoms with van der Waals surface area (Å²) in [5.41, 5.74) is 0. The highest BCUT2D eigenvalue weighted by molar-refractivity contribution is 5.76. The van der Waals surface area contributed by atoms with Gasteiger partial charge in [0.25, 0.3) is 0 Å². The van der Waals surface area contributed by atoms with E-state index in [1.807, 2.05) is 6.08 Å². The summed E-state index contributed by atoms with van der Waals surface area (Å²) in [7, 11) is 0. The molecule has 0 saturated carbocycles. The fraction of sp³-hybridized carbons (Fsp3) is 0.700. The number of amides is 1. The van der Waals surface area contributed by atoms with Crippen LogP contribution >= 0.6 is 0 Å². The first-order valence-corrected chi connectivity index (χ1v) is 22.8. The largest absolute Gasteiger partial charge is 0.394 e. The maximum atomic E-state index is 12.4. The molecule has 3 N–H and O–H groups in total. The van der Waals surface area contributed by atoms with Crippen molar-refractivity contribution in [2.45, 2.75) is 219 Å². The SMILES string of the molecule is CC/C=C\C/C=C\C/C=C\C/C=C\CCCCCCCCCCC(=O)NC(CO)C(O)/C=C/CC/C=C/CC/C=C/CCCCCCCCCCCCC. The quantitative estimate of drug-likeness (QED) is 0.0431. The summed E-state index contributed by atoms with van der Waals surface area (Å²) in [5, 5.41) is 23.0. The smallest absolute Gasteiger partial charge is 0.220 e. The lowest BCUT2D eigenvalue weighted by molar-refractivity contribution is -0.123. The second-order valence-corrected chi connectivity index (χ2v) is 15.1. The second-order valence-electron chi connectivity index (χ2n) is 15.1. The van der Waals surface area contributed by atoms with Crippen LogP contribution in [0.4, 0.5) is 0 Å². The van der Waals surface area contributed by atoms with Gasteiger partial charge in [0.2, 0.25) is 5.91 Å². The Balaban J connectivity index is 3.68. The number of rotatable bonds is 40. The summed E-state index contributed by atoms with van der Waals surface area (Å²) in [6.07, 6.45) is 65.5. The summed E-state index contributed by atoms with van der Waals surface area (Å²) in [4.78, 5) is 12.4. The number of carbonyl (C=O) groups excluding carboxylic acids is 1. The van der Waals surface area contributed by atoms with Crippen molar-refractivity contribution in [3.8, 4) is 0 Å². The molecule has 0 aromatic heterocycles. The number of hydrogen-bond donors (Lipinski definition) is 3. The minimum Gasteiger partial charge on any atom is -0.394 e. The van der Waals surface area contributed by atoms with Gasteiger partial charge in [-0.2, -0.15) is 0 Å². The van der Waals surface area contributed by atoms with Gasteiger partial charge in [-0.15, -0.1) is 0 Å². The Morgan fingerprint density at radius 3 is 1.30 bits per heavy atom. The number of nitrogens with one attached hydrogen (secondary N) is 1. The highest BCUT2D eigenvalue weighted by Crippen LogP contribution is 2.13. The summed E-state index contributed by atoms with van der Waals surface area (Å²) in [6, 6.07) is -0.655. The molecule has 0 radical (unpaired) electrons. The molecule has 2 atom stereocenters. The van der Waals surface area contributed by atoms with Gasteiger partial charge in [-0.25, -0.2) is 0 Å². The third-order valence-electron chi connectivity index (χ3n) is 9.84. The number of unbranched alkanes of at least 4 members (excludes halogenated alkanes) is 21. The lowest BCUT2D eigenvalue weighted by Gasteiger charge is -2.19. The fourth-order valence-corrected chi connectivity index (χ4v) is 6.38. The minimum absolute atomic E-state index is 0.0897. The third-order valence-corrected chi connectivity index (χ3v) is 9.84. The molecule has 2 unspecified atom stereocenters. The number of allylic oxidation sites excluding steroid dienone is 13. The van der Waals surface area contributed by atoms with Gasteiger partial charge in [0.15, 0.2) is 0 Å². The molecule has 4 nitrogen and oxygen atoms in total. The molecule has 4 heteroatoms. The van der Waals surface area contributed by atoms with Crippen LogP contribution in [0.5, 0.6) is 0 Å². The van der Waals surface area contributed by atoms with E-state index >= 15 is 0 Å². The van der Waals surface area contributed by atoms with Crippen molar-refractivity contribution >= 4 is 5.91 Å². The van der Waals surface area contributed by atoms with Gasteiger partial charge in [0.05, 0.1) is 18.8 Å². The minimum atomic E-state index is -0.878. The van der Waals surface area contributed by atoms with Crippen LogP contribution in [-0.4, -0.2) is 34.9 Å². The molecule has 0 fully saturated rings. The Labute approximate surface area is 335 Å². The Morgan fingerprint density at radius 2 is 0.833 bits per heavy atom. The van der Waals surface area contributed by atoms with Crippen molar-refractivity contribution in [3.63, 3.8) is 0 Å². The normalized spacial score (nSPS) is 13.8. The van der Waals surface area contributed by atoms with Crippen molar-refractivity contribution in [3.05, 3.63) is 85.1 Å². The molecule has 310 valence electrons. The van der Waals surface area contributed by atoms with Crippen molar-refractivity contribution in [2.24, 2.45) is 0 Å². The lowest BCUT2D eigenvalue weighted by atomic mass is 10.1. The monoisotopic (exact) mass is 750 g/mol. The van der Waals surface area contributed by atoms with E-state index in [1.165, 1.54) is 116 Å². The molecule has 1 amide bonds. The number of aliphatic hydroxyl groups is 2. The van der Waals surface area contributed by atoms with Crippen LogP contribution in [0.2, 0.25) is 0 Å². The van der Waals surface area contributed by atoms with Crippen LogP contribution in [0.25, 0.3) is 0 Å². The van der Waals surface area contributed by atoms with Crippen LogP contribution in [0.3, 0.4) is 0 Å². The number of carbonyl (C=O) groups is 1. The highest BCUT2D eigenvalue weighted by Gasteiger charge is 2.17. The molecule has 0 aliphatic carbocycles. The van der Waals surface area contributed by atoms with Crippen LogP contribution < -0.4 is 5.32 Å². The molecule has 0 aliphatic heterocycles. The Bertz CT molecular complexity index is 988. The molecule has 0 rings (SSSR count). The molecule has 0 saturated heterocycles. The lowest BCUT2D eigenvalue weighted by Crippen LogP contribution is -2.45. The van der Waals surface area contributed by atoms with E-state index in [-0.39, 0.29) is 12.5 Å². The first kappa shape index (κ1) is 51.6. The van der Waals surface area contributed by atoms with Crippen LogP contribution in [0.15, 0.2) is 85.1 Å². The van der Waals surface area contributed by atoms with E-state index in [9.17, 15) is 15.0 Å². The van der Waals surface area contributed by atoms with Crippen molar-refractivity contribution in [1.82, 2.24) is 5.32 Å². The fourth-order valence-electron chi connectivity index (χ4n) is 6.38. The van der Waals surface area contributed by atoms with E-state index in [1.54, 1.807) is 6.08 Å². The van der Waals surface area contributed by atoms with Gasteiger partial charge < -0.3 is 15.5 Å². The van der Waals surface area contributed by atoms with Crippen molar-refractivity contribution < 1.29 is 15.0 Å². The van der Waals surface area contributed by atoms with Crippen LogP contribution in [0.1, 0.15) is 206 Å². The van der Waals surface area contributed by atoms with Crippen LogP contribution in [0, 0.1) is 0 Å². The third kappa shape index (κ3) is 40.7. The average Bonchev–Trinajstić information content (AvgIpc) is 3.18. The Hall–Kier alpha value is -2.43. The zero-order valence-corrected chi connectivity index (χ0v) is 35.5.